The van der Waals surface area contributed by atoms with Gasteiger partial charge in [-0.05, 0) is 31.9 Å². The Hall–Kier alpha value is -2.16. The van der Waals surface area contributed by atoms with Gasteiger partial charge in [-0.25, -0.2) is 9.59 Å². The quantitative estimate of drug-likeness (QED) is 0.424. The van der Waals surface area contributed by atoms with E-state index in [0.717, 1.165) is 16.9 Å². The first-order valence-electron chi connectivity index (χ1n) is 8.32. The number of carboxylic acid groups (broad SMARTS) is 2. The topological polar surface area (TPSA) is 136 Å². The van der Waals surface area contributed by atoms with Gasteiger partial charge in [0.15, 0.2) is 0 Å². The van der Waals surface area contributed by atoms with Gasteiger partial charge in [0.1, 0.15) is 18.5 Å². The number of hydrogen-bond acceptors (Lipinski definition) is 6. The summed E-state index contributed by atoms with van der Waals surface area (Å²) in [5.41, 5.74) is 2.11. The third-order valence-electron chi connectivity index (χ3n) is 3.36. The van der Waals surface area contributed by atoms with Crippen LogP contribution in [0.15, 0.2) is 18.2 Å². The molecule has 0 saturated heterocycles. The number of aliphatic hydroxyl groups is 2. The Kier molecular flexibility index (Phi) is 11.2. The molecule has 0 radical (unpaired) electrons. The van der Waals surface area contributed by atoms with Crippen LogP contribution in [0.4, 0.5) is 0 Å². The van der Waals surface area contributed by atoms with E-state index in [2.05, 4.69) is 5.32 Å². The second-order valence-corrected chi connectivity index (χ2v) is 6.18. The lowest BCUT2D eigenvalue weighted by molar-refractivity contribution is -0.159. The molecular formula is C18H29NO7. The highest BCUT2D eigenvalue weighted by molar-refractivity contribution is 6.27. The SMILES string of the molecule is Cc1ccc(OC[C@@H](O)[C@@H](C)NC(C)C)c(CCO)c1.O=C(O)C(=O)O. The number of ether oxygens (including phenoxy) is 1. The fourth-order valence-corrected chi connectivity index (χ4v) is 2.12. The van der Waals surface area contributed by atoms with Crippen LogP contribution in [0.2, 0.25) is 0 Å². The molecule has 2 atom stereocenters. The number of nitrogens with one attached hydrogen (secondary N) is 1. The lowest BCUT2D eigenvalue weighted by Gasteiger charge is -2.23. The predicted molar refractivity (Wildman–Crippen MR) is 96.5 cm³/mol. The summed E-state index contributed by atoms with van der Waals surface area (Å²) in [5, 5.41) is 37.2. The maximum atomic E-state index is 10.1. The van der Waals surface area contributed by atoms with Crippen LogP contribution in [-0.4, -0.2) is 63.8 Å². The molecule has 0 aliphatic heterocycles. The maximum Gasteiger partial charge on any atom is 0.414 e. The van der Waals surface area contributed by atoms with Crippen LogP contribution in [0.5, 0.6) is 5.75 Å². The maximum absolute atomic E-state index is 10.1. The minimum absolute atomic E-state index is 0.0262. The molecule has 0 amide bonds. The van der Waals surface area contributed by atoms with E-state index in [0.29, 0.717) is 12.5 Å². The van der Waals surface area contributed by atoms with Crippen LogP contribution in [0, 0.1) is 6.92 Å². The van der Waals surface area contributed by atoms with Gasteiger partial charge in [0.05, 0.1) is 0 Å². The van der Waals surface area contributed by atoms with E-state index in [1.807, 2.05) is 45.9 Å². The molecule has 0 aromatic heterocycles. The number of carboxylic acids is 2. The Labute approximate surface area is 153 Å². The molecule has 0 aliphatic rings. The van der Waals surface area contributed by atoms with Gasteiger partial charge in [0.2, 0.25) is 0 Å². The minimum Gasteiger partial charge on any atom is -0.491 e. The summed E-state index contributed by atoms with van der Waals surface area (Å²) in [6, 6.07) is 6.17. The molecule has 0 bridgehead atoms. The van der Waals surface area contributed by atoms with Gasteiger partial charge < -0.3 is 30.5 Å². The highest BCUT2D eigenvalue weighted by Gasteiger charge is 2.16. The van der Waals surface area contributed by atoms with Crippen molar-refractivity contribution in [1.82, 2.24) is 5.32 Å². The summed E-state index contributed by atoms with van der Waals surface area (Å²) < 4.78 is 5.71. The normalized spacial score (nSPS) is 12.7. The van der Waals surface area contributed by atoms with Crippen LogP contribution in [-0.2, 0) is 16.0 Å². The van der Waals surface area contributed by atoms with Crippen LogP contribution in [0.25, 0.3) is 0 Å². The van der Waals surface area contributed by atoms with Gasteiger partial charge in [0.25, 0.3) is 0 Å². The zero-order chi connectivity index (χ0) is 20.3. The van der Waals surface area contributed by atoms with E-state index < -0.39 is 18.0 Å². The highest BCUT2D eigenvalue weighted by atomic mass is 16.5. The molecule has 1 aromatic carbocycles. The van der Waals surface area contributed by atoms with Crippen LogP contribution < -0.4 is 10.1 Å². The third kappa shape index (κ3) is 9.97. The summed E-state index contributed by atoms with van der Waals surface area (Å²) in [5.74, 6) is -2.91. The highest BCUT2D eigenvalue weighted by Crippen LogP contribution is 2.21. The molecule has 0 unspecified atom stereocenters. The van der Waals surface area contributed by atoms with Crippen molar-refractivity contribution in [2.24, 2.45) is 0 Å². The van der Waals surface area contributed by atoms with Crippen LogP contribution in [0.1, 0.15) is 31.9 Å². The van der Waals surface area contributed by atoms with Gasteiger partial charge in [-0.3, -0.25) is 0 Å². The molecule has 8 heteroatoms. The molecule has 8 nitrogen and oxygen atoms in total. The summed E-state index contributed by atoms with van der Waals surface area (Å²) in [4.78, 5) is 18.2. The summed E-state index contributed by atoms with van der Waals surface area (Å²) in [7, 11) is 0. The second-order valence-electron chi connectivity index (χ2n) is 6.18. The molecule has 148 valence electrons. The number of hydrogen-bond donors (Lipinski definition) is 5. The number of carbonyl (C=O) groups is 2. The standard InChI is InChI=1S/C16H27NO3.C2H2O4/c1-11(2)17-13(4)15(19)10-20-16-6-5-12(3)9-14(16)7-8-18;3-1(4)2(5)6/h5-6,9,11,13,15,17-19H,7-8,10H2,1-4H3;(H,3,4)(H,5,6)/t13-,15-;/m1./s1. The molecule has 5 N–H and O–H groups in total. The van der Waals surface area contributed by atoms with E-state index in [1.54, 1.807) is 0 Å². The number of aryl methyl sites for hydroxylation is 1. The number of aliphatic carboxylic acids is 2. The first kappa shape index (κ1) is 23.8. The Morgan fingerprint density at radius 3 is 2.19 bits per heavy atom. The second kappa shape index (κ2) is 12.2. The van der Waals surface area contributed by atoms with E-state index in [9.17, 15) is 5.11 Å². The van der Waals surface area contributed by atoms with Gasteiger partial charge in [0, 0.05) is 18.7 Å². The lowest BCUT2D eigenvalue weighted by atomic mass is 10.1. The van der Waals surface area contributed by atoms with Gasteiger partial charge >= 0.3 is 11.9 Å². The summed E-state index contributed by atoms with van der Waals surface area (Å²) >= 11 is 0. The molecular weight excluding hydrogens is 342 g/mol. The van der Waals surface area contributed by atoms with E-state index >= 15 is 0 Å². The molecule has 0 aliphatic carbocycles. The Morgan fingerprint density at radius 2 is 1.73 bits per heavy atom. The van der Waals surface area contributed by atoms with Gasteiger partial charge in [-0.15, -0.1) is 0 Å². The van der Waals surface area contributed by atoms with Crippen molar-refractivity contribution in [3.63, 3.8) is 0 Å². The summed E-state index contributed by atoms with van der Waals surface area (Å²) in [6.07, 6.45) is -0.00641. The van der Waals surface area contributed by atoms with Gasteiger partial charge in [-0.2, -0.15) is 0 Å². The predicted octanol–water partition coefficient (Wildman–Crippen LogP) is 0.812. The molecule has 0 heterocycles. The Morgan fingerprint density at radius 1 is 1.15 bits per heavy atom. The van der Waals surface area contributed by atoms with E-state index in [1.165, 1.54) is 0 Å². The smallest absolute Gasteiger partial charge is 0.414 e. The van der Waals surface area contributed by atoms with Crippen molar-refractivity contribution in [3.05, 3.63) is 29.3 Å². The van der Waals surface area contributed by atoms with Crippen molar-refractivity contribution in [2.75, 3.05) is 13.2 Å². The monoisotopic (exact) mass is 371 g/mol. The zero-order valence-corrected chi connectivity index (χ0v) is 15.6. The Balaban J connectivity index is 0.000000896. The largest absolute Gasteiger partial charge is 0.491 e. The van der Waals surface area contributed by atoms with Crippen molar-refractivity contribution < 1.29 is 34.8 Å². The fourth-order valence-electron chi connectivity index (χ4n) is 2.12. The summed E-state index contributed by atoms with van der Waals surface area (Å²) in [6.45, 7) is 8.37. The Bertz CT molecular complexity index is 563. The van der Waals surface area contributed by atoms with E-state index in [-0.39, 0.29) is 19.3 Å². The zero-order valence-electron chi connectivity index (χ0n) is 15.6. The molecule has 0 fully saturated rings. The van der Waals surface area contributed by atoms with Gasteiger partial charge in [-0.1, -0.05) is 31.5 Å². The van der Waals surface area contributed by atoms with Crippen LogP contribution in [0.3, 0.4) is 0 Å². The molecule has 26 heavy (non-hydrogen) atoms. The average molecular weight is 371 g/mol. The minimum atomic E-state index is -1.82. The molecule has 0 saturated carbocycles. The first-order valence-corrected chi connectivity index (χ1v) is 8.32. The van der Waals surface area contributed by atoms with E-state index in [4.69, 9.17) is 29.6 Å². The first-order chi connectivity index (χ1) is 12.1. The fraction of sp³-hybridized carbons (Fsp3) is 0.556. The number of benzene rings is 1. The van der Waals surface area contributed by atoms with Crippen LogP contribution >= 0.6 is 0 Å². The van der Waals surface area contributed by atoms with Crippen molar-refractivity contribution in [2.45, 2.75) is 52.3 Å². The van der Waals surface area contributed by atoms with Crippen molar-refractivity contribution in [3.8, 4) is 5.75 Å². The average Bonchev–Trinajstić information content (AvgIpc) is 2.54. The number of aliphatic hydroxyl groups excluding tert-OH is 2. The molecule has 1 aromatic rings. The van der Waals surface area contributed by atoms with Crippen molar-refractivity contribution >= 4 is 11.9 Å². The number of rotatable bonds is 8. The third-order valence-corrected chi connectivity index (χ3v) is 3.36. The van der Waals surface area contributed by atoms with Crippen molar-refractivity contribution in [1.29, 1.82) is 0 Å². The molecule has 1 rings (SSSR count). The molecule has 0 spiro atoms. The lowest BCUT2D eigenvalue weighted by Crippen LogP contribution is -2.43.